The highest BCUT2D eigenvalue weighted by atomic mass is 127. The molecule has 1 aromatic carbocycles. The van der Waals surface area contributed by atoms with E-state index in [1.54, 1.807) is 24.8 Å². The Kier molecular flexibility index (Phi) is 11.4. The molecule has 3 aromatic rings. The topological polar surface area (TPSA) is 76.4 Å². The van der Waals surface area contributed by atoms with Crippen molar-refractivity contribution in [2.45, 2.75) is 32.7 Å². The first kappa shape index (κ1) is 25.1. The third-order valence-corrected chi connectivity index (χ3v) is 5.68. The van der Waals surface area contributed by atoms with Crippen molar-refractivity contribution < 1.29 is 4.74 Å². The number of aryl methyl sites for hydroxylation is 1. The Morgan fingerprint density at radius 1 is 1.13 bits per heavy atom. The van der Waals surface area contributed by atoms with E-state index in [9.17, 15) is 0 Å². The molecule has 9 heteroatoms. The lowest BCUT2D eigenvalue weighted by atomic mass is 10.1. The van der Waals surface area contributed by atoms with Gasteiger partial charge in [0.1, 0.15) is 17.9 Å². The van der Waals surface area contributed by atoms with Crippen molar-refractivity contribution in [2.24, 2.45) is 4.99 Å². The van der Waals surface area contributed by atoms with E-state index in [-0.39, 0.29) is 24.0 Å². The van der Waals surface area contributed by atoms with E-state index in [1.807, 2.05) is 18.2 Å². The summed E-state index contributed by atoms with van der Waals surface area (Å²) in [5, 5.41) is 17.1. The van der Waals surface area contributed by atoms with Gasteiger partial charge < -0.3 is 19.9 Å². The number of methoxy groups -OCH3 is 1. The molecular formula is C22H31IN6OS. The van der Waals surface area contributed by atoms with Crippen LogP contribution in [0.25, 0.3) is 0 Å². The normalized spacial score (nSPS) is 11.1. The van der Waals surface area contributed by atoms with Gasteiger partial charge in [-0.05, 0) is 29.5 Å². The number of ether oxygens (including phenoxy) is 1. The van der Waals surface area contributed by atoms with Gasteiger partial charge in [-0.1, -0.05) is 31.2 Å². The summed E-state index contributed by atoms with van der Waals surface area (Å²) in [6.07, 6.45) is 4.46. The fourth-order valence-electron chi connectivity index (χ4n) is 3.17. The number of nitrogens with one attached hydrogen (secondary N) is 2. The zero-order valence-electron chi connectivity index (χ0n) is 18.1. The molecule has 31 heavy (non-hydrogen) atoms. The molecule has 0 aliphatic heterocycles. The molecular weight excluding hydrogens is 523 g/mol. The van der Waals surface area contributed by atoms with Gasteiger partial charge in [-0.3, -0.25) is 4.99 Å². The number of para-hydroxylation sites is 1. The van der Waals surface area contributed by atoms with Crippen LogP contribution >= 0.6 is 35.3 Å². The van der Waals surface area contributed by atoms with E-state index in [0.29, 0.717) is 0 Å². The zero-order valence-corrected chi connectivity index (χ0v) is 21.2. The third-order valence-electron chi connectivity index (χ3n) is 4.74. The van der Waals surface area contributed by atoms with Crippen molar-refractivity contribution in [3.63, 3.8) is 0 Å². The van der Waals surface area contributed by atoms with Gasteiger partial charge in [0.25, 0.3) is 0 Å². The molecule has 168 valence electrons. The second-order valence-corrected chi connectivity index (χ2v) is 7.80. The fourth-order valence-corrected chi connectivity index (χ4v) is 3.86. The van der Waals surface area contributed by atoms with Gasteiger partial charge >= 0.3 is 0 Å². The highest BCUT2D eigenvalue weighted by Crippen LogP contribution is 2.17. The molecule has 2 aromatic heterocycles. The molecule has 0 spiro atoms. The SMILES string of the molecule is CCc1nncn1CCNC(=NCCc1cccs1)NCCc1ccccc1OC.I. The van der Waals surface area contributed by atoms with Crippen LogP contribution in [0.4, 0.5) is 0 Å². The number of aliphatic imine (C=N–C) groups is 1. The predicted molar refractivity (Wildman–Crippen MR) is 138 cm³/mol. The van der Waals surface area contributed by atoms with Crippen LogP contribution in [0.1, 0.15) is 23.2 Å². The molecule has 2 N–H and O–H groups in total. The smallest absolute Gasteiger partial charge is 0.191 e. The summed E-state index contributed by atoms with van der Waals surface area (Å²) in [5.74, 6) is 2.74. The van der Waals surface area contributed by atoms with Crippen LogP contribution in [0.2, 0.25) is 0 Å². The number of guanidine groups is 1. The Morgan fingerprint density at radius 3 is 2.74 bits per heavy atom. The number of benzene rings is 1. The summed E-state index contributed by atoms with van der Waals surface area (Å²) in [4.78, 5) is 6.11. The highest BCUT2D eigenvalue weighted by molar-refractivity contribution is 14.0. The van der Waals surface area contributed by atoms with Crippen molar-refractivity contribution in [2.75, 3.05) is 26.7 Å². The van der Waals surface area contributed by atoms with Crippen molar-refractivity contribution in [3.8, 4) is 5.75 Å². The minimum atomic E-state index is 0. The lowest BCUT2D eigenvalue weighted by molar-refractivity contribution is 0.409. The molecule has 0 amide bonds. The average molecular weight is 555 g/mol. The Balaban J connectivity index is 0.00000341. The Bertz CT molecular complexity index is 912. The maximum Gasteiger partial charge on any atom is 0.191 e. The number of rotatable bonds is 11. The van der Waals surface area contributed by atoms with Crippen molar-refractivity contribution in [1.29, 1.82) is 0 Å². The van der Waals surface area contributed by atoms with Gasteiger partial charge in [0.15, 0.2) is 5.96 Å². The maximum atomic E-state index is 5.45. The fraction of sp³-hybridized carbons (Fsp3) is 0.409. The Morgan fingerprint density at radius 2 is 1.97 bits per heavy atom. The Labute approximate surface area is 205 Å². The summed E-state index contributed by atoms with van der Waals surface area (Å²) in [5.41, 5.74) is 1.18. The summed E-state index contributed by atoms with van der Waals surface area (Å²) < 4.78 is 7.52. The summed E-state index contributed by atoms with van der Waals surface area (Å²) >= 11 is 1.77. The van der Waals surface area contributed by atoms with Gasteiger partial charge in [-0.15, -0.1) is 45.5 Å². The van der Waals surface area contributed by atoms with Crippen molar-refractivity contribution in [1.82, 2.24) is 25.4 Å². The van der Waals surface area contributed by atoms with E-state index in [1.165, 1.54) is 10.4 Å². The molecule has 0 radical (unpaired) electrons. The molecule has 0 atom stereocenters. The van der Waals surface area contributed by atoms with Gasteiger partial charge in [0.2, 0.25) is 0 Å². The van der Waals surface area contributed by atoms with E-state index >= 15 is 0 Å². The van der Waals surface area contributed by atoms with Gasteiger partial charge in [0.05, 0.1) is 7.11 Å². The lowest BCUT2D eigenvalue weighted by Gasteiger charge is -2.14. The summed E-state index contributed by atoms with van der Waals surface area (Å²) in [7, 11) is 1.71. The minimum absolute atomic E-state index is 0. The molecule has 3 rings (SSSR count). The van der Waals surface area contributed by atoms with E-state index in [2.05, 4.69) is 55.9 Å². The van der Waals surface area contributed by atoms with Crippen molar-refractivity contribution in [3.05, 3.63) is 64.4 Å². The van der Waals surface area contributed by atoms with Crippen LogP contribution in [0.5, 0.6) is 5.75 Å². The lowest BCUT2D eigenvalue weighted by Crippen LogP contribution is -2.40. The molecule has 0 unspecified atom stereocenters. The number of nitrogens with zero attached hydrogens (tertiary/aromatic N) is 4. The molecule has 0 aliphatic carbocycles. The molecule has 2 heterocycles. The van der Waals surface area contributed by atoms with Crippen LogP contribution in [-0.2, 0) is 25.8 Å². The van der Waals surface area contributed by atoms with E-state index in [0.717, 1.165) is 63.0 Å². The number of aromatic nitrogens is 3. The second kappa shape index (κ2) is 14.0. The van der Waals surface area contributed by atoms with Crippen LogP contribution in [0.15, 0.2) is 53.1 Å². The highest BCUT2D eigenvalue weighted by Gasteiger charge is 2.05. The first-order chi connectivity index (χ1) is 14.8. The maximum absolute atomic E-state index is 5.45. The van der Waals surface area contributed by atoms with Crippen LogP contribution < -0.4 is 15.4 Å². The summed E-state index contributed by atoms with van der Waals surface area (Å²) in [6.45, 7) is 5.17. The minimum Gasteiger partial charge on any atom is -0.496 e. The zero-order chi connectivity index (χ0) is 21.0. The number of halogens is 1. The standard InChI is InChI=1S/C22H30N6OS.HI/c1-3-21-27-26-17-28(21)15-14-25-22(24-13-11-19-8-6-16-30-19)23-12-10-18-7-4-5-9-20(18)29-2;/h4-9,16-17H,3,10-15H2,1-2H3,(H2,23,24,25);1H. The summed E-state index contributed by atoms with van der Waals surface area (Å²) in [6, 6.07) is 12.4. The molecule has 0 saturated carbocycles. The average Bonchev–Trinajstić information content (AvgIpc) is 3.45. The number of hydrogen-bond acceptors (Lipinski definition) is 5. The van der Waals surface area contributed by atoms with Crippen molar-refractivity contribution >= 4 is 41.3 Å². The van der Waals surface area contributed by atoms with Crippen LogP contribution in [-0.4, -0.2) is 47.5 Å². The Hall–Kier alpha value is -2.14. The molecule has 0 fully saturated rings. The van der Waals surface area contributed by atoms with Gasteiger partial charge in [0, 0.05) is 43.9 Å². The third kappa shape index (κ3) is 8.13. The van der Waals surface area contributed by atoms with E-state index < -0.39 is 0 Å². The number of thiophene rings is 1. The van der Waals surface area contributed by atoms with E-state index in [4.69, 9.17) is 9.73 Å². The molecule has 7 nitrogen and oxygen atoms in total. The molecule has 0 aliphatic rings. The predicted octanol–water partition coefficient (Wildman–Crippen LogP) is 3.55. The van der Waals surface area contributed by atoms with Gasteiger partial charge in [-0.25, -0.2) is 0 Å². The largest absolute Gasteiger partial charge is 0.496 e. The first-order valence-electron chi connectivity index (χ1n) is 10.3. The quantitative estimate of drug-likeness (QED) is 0.216. The van der Waals surface area contributed by atoms with Crippen LogP contribution in [0, 0.1) is 0 Å². The van der Waals surface area contributed by atoms with Gasteiger partial charge in [-0.2, -0.15) is 0 Å². The molecule has 0 bridgehead atoms. The monoisotopic (exact) mass is 554 g/mol. The molecule has 0 saturated heterocycles. The first-order valence-corrected chi connectivity index (χ1v) is 11.2. The second-order valence-electron chi connectivity index (χ2n) is 6.77. The number of hydrogen-bond donors (Lipinski definition) is 2. The van der Waals surface area contributed by atoms with Crippen LogP contribution in [0.3, 0.4) is 0 Å².